The minimum atomic E-state index is 0. The molecule has 3 heterocycles. The minimum Gasteiger partial charge on any atom is -0.356 e. The molecule has 0 fully saturated rings. The SMILES string of the molecule is CN=C(NCCCc1nnc2n1CCCCC2)NCCn1cccc1.I. The molecule has 144 valence electrons. The fourth-order valence-electron chi connectivity index (χ4n) is 3.23. The quantitative estimate of drug-likeness (QED) is 0.281. The van der Waals surface area contributed by atoms with Crippen LogP contribution in [-0.2, 0) is 25.9 Å². The third-order valence-corrected chi connectivity index (χ3v) is 4.61. The maximum absolute atomic E-state index is 4.39. The van der Waals surface area contributed by atoms with E-state index in [-0.39, 0.29) is 24.0 Å². The molecule has 0 unspecified atom stereocenters. The lowest BCUT2D eigenvalue weighted by molar-refractivity contribution is 0.593. The molecule has 26 heavy (non-hydrogen) atoms. The molecule has 1 aliphatic rings. The van der Waals surface area contributed by atoms with Gasteiger partial charge in [-0.1, -0.05) is 6.42 Å². The van der Waals surface area contributed by atoms with Crippen LogP contribution in [0.5, 0.6) is 0 Å². The maximum atomic E-state index is 4.39. The monoisotopic (exact) mass is 471 g/mol. The summed E-state index contributed by atoms with van der Waals surface area (Å²) in [6.07, 6.45) is 11.0. The molecule has 2 aromatic heterocycles. The van der Waals surface area contributed by atoms with Gasteiger partial charge in [0.15, 0.2) is 5.96 Å². The van der Waals surface area contributed by atoms with E-state index in [4.69, 9.17) is 0 Å². The molecule has 3 rings (SSSR count). The number of fused-ring (bicyclic) bond motifs is 1. The van der Waals surface area contributed by atoms with Gasteiger partial charge < -0.3 is 19.8 Å². The fourth-order valence-corrected chi connectivity index (χ4v) is 3.23. The fraction of sp³-hybridized carbons (Fsp3) is 0.611. The first kappa shape index (κ1) is 20.7. The molecule has 0 aromatic carbocycles. The Morgan fingerprint density at radius 1 is 1.12 bits per heavy atom. The van der Waals surface area contributed by atoms with Gasteiger partial charge in [0.2, 0.25) is 0 Å². The highest BCUT2D eigenvalue weighted by molar-refractivity contribution is 14.0. The molecule has 2 aromatic rings. The van der Waals surface area contributed by atoms with Gasteiger partial charge in [0.1, 0.15) is 11.6 Å². The van der Waals surface area contributed by atoms with Crippen LogP contribution in [0.15, 0.2) is 29.5 Å². The highest BCUT2D eigenvalue weighted by Crippen LogP contribution is 2.15. The van der Waals surface area contributed by atoms with E-state index in [1.54, 1.807) is 0 Å². The topological polar surface area (TPSA) is 72.1 Å². The summed E-state index contributed by atoms with van der Waals surface area (Å²) in [5, 5.41) is 15.5. The van der Waals surface area contributed by atoms with Crippen molar-refractivity contribution in [1.29, 1.82) is 0 Å². The second kappa shape index (κ2) is 11.2. The van der Waals surface area contributed by atoms with Crippen molar-refractivity contribution in [3.05, 3.63) is 36.2 Å². The number of rotatable bonds is 7. The van der Waals surface area contributed by atoms with Crippen LogP contribution in [0.1, 0.15) is 37.3 Å². The minimum absolute atomic E-state index is 0. The number of hydrogen-bond acceptors (Lipinski definition) is 3. The molecule has 0 saturated carbocycles. The van der Waals surface area contributed by atoms with Crippen molar-refractivity contribution in [2.75, 3.05) is 20.1 Å². The number of halogens is 1. The Morgan fingerprint density at radius 3 is 2.73 bits per heavy atom. The smallest absolute Gasteiger partial charge is 0.191 e. The molecule has 0 bridgehead atoms. The summed E-state index contributed by atoms with van der Waals surface area (Å²) >= 11 is 0. The van der Waals surface area contributed by atoms with E-state index in [1.807, 2.05) is 19.2 Å². The van der Waals surface area contributed by atoms with Crippen LogP contribution in [0.2, 0.25) is 0 Å². The third-order valence-electron chi connectivity index (χ3n) is 4.61. The second-order valence-electron chi connectivity index (χ2n) is 6.44. The van der Waals surface area contributed by atoms with Gasteiger partial charge in [-0.25, -0.2) is 0 Å². The van der Waals surface area contributed by atoms with Gasteiger partial charge in [-0.2, -0.15) is 0 Å². The third kappa shape index (κ3) is 6.00. The molecule has 0 amide bonds. The molecule has 2 N–H and O–H groups in total. The zero-order chi connectivity index (χ0) is 17.3. The molecule has 8 heteroatoms. The maximum Gasteiger partial charge on any atom is 0.191 e. The lowest BCUT2D eigenvalue weighted by atomic mass is 10.2. The summed E-state index contributed by atoms with van der Waals surface area (Å²) in [6.45, 7) is 3.74. The van der Waals surface area contributed by atoms with Crippen LogP contribution in [0.3, 0.4) is 0 Å². The Kier molecular flexibility index (Phi) is 8.93. The summed E-state index contributed by atoms with van der Waals surface area (Å²) in [4.78, 5) is 4.28. The molecule has 0 spiro atoms. The Labute approximate surface area is 172 Å². The first-order chi connectivity index (χ1) is 12.4. The molecule has 0 atom stereocenters. The average molecular weight is 471 g/mol. The number of nitrogens with zero attached hydrogens (tertiary/aromatic N) is 5. The van der Waals surface area contributed by atoms with Gasteiger partial charge in [0.05, 0.1) is 0 Å². The summed E-state index contributed by atoms with van der Waals surface area (Å²) in [5.41, 5.74) is 0. The summed E-state index contributed by atoms with van der Waals surface area (Å²) in [7, 11) is 1.81. The van der Waals surface area contributed by atoms with Crippen LogP contribution in [-0.4, -0.2) is 45.4 Å². The Balaban J connectivity index is 0.00000243. The van der Waals surface area contributed by atoms with Gasteiger partial charge in [0, 0.05) is 58.5 Å². The van der Waals surface area contributed by atoms with E-state index in [2.05, 4.69) is 47.4 Å². The first-order valence-corrected chi connectivity index (χ1v) is 9.33. The lowest BCUT2D eigenvalue weighted by Crippen LogP contribution is -2.39. The van der Waals surface area contributed by atoms with E-state index >= 15 is 0 Å². The van der Waals surface area contributed by atoms with Gasteiger partial charge in [0.25, 0.3) is 0 Å². The number of hydrogen-bond donors (Lipinski definition) is 2. The predicted molar refractivity (Wildman–Crippen MR) is 115 cm³/mol. The van der Waals surface area contributed by atoms with Crippen molar-refractivity contribution < 1.29 is 0 Å². The van der Waals surface area contributed by atoms with Gasteiger partial charge in [-0.05, 0) is 31.4 Å². The lowest BCUT2D eigenvalue weighted by Gasteiger charge is -2.12. The van der Waals surface area contributed by atoms with E-state index in [9.17, 15) is 0 Å². The number of aryl methyl sites for hydroxylation is 2. The Bertz CT molecular complexity index is 663. The van der Waals surface area contributed by atoms with Crippen molar-refractivity contribution in [3.63, 3.8) is 0 Å². The predicted octanol–water partition coefficient (Wildman–Crippen LogP) is 2.22. The van der Waals surface area contributed by atoms with Crippen LogP contribution in [0.25, 0.3) is 0 Å². The van der Waals surface area contributed by atoms with E-state index in [0.29, 0.717) is 0 Å². The number of aromatic nitrogens is 4. The Hall–Kier alpha value is -1.58. The summed E-state index contributed by atoms with van der Waals surface area (Å²) in [5.74, 6) is 3.16. The molecule has 7 nitrogen and oxygen atoms in total. The van der Waals surface area contributed by atoms with Crippen LogP contribution in [0.4, 0.5) is 0 Å². The molecular weight excluding hydrogens is 441 g/mol. The van der Waals surface area contributed by atoms with E-state index in [0.717, 1.165) is 57.2 Å². The highest BCUT2D eigenvalue weighted by Gasteiger charge is 2.14. The van der Waals surface area contributed by atoms with Crippen molar-refractivity contribution in [2.24, 2.45) is 4.99 Å². The van der Waals surface area contributed by atoms with Crippen LogP contribution >= 0.6 is 24.0 Å². The number of guanidine groups is 1. The molecule has 0 aliphatic carbocycles. The summed E-state index contributed by atoms with van der Waals surface area (Å²) < 4.78 is 4.48. The normalized spacial score (nSPS) is 14.3. The standard InChI is InChI=1S/C18H29N7.HI/c1-19-18(21-11-15-24-12-5-6-13-24)20-10-7-9-17-23-22-16-8-3-2-4-14-25(16)17;/h5-6,12-13H,2-4,7-11,14-15H2,1H3,(H2,19,20,21);1H. The largest absolute Gasteiger partial charge is 0.356 e. The van der Waals surface area contributed by atoms with Crippen molar-refractivity contribution in [2.45, 2.75) is 51.6 Å². The van der Waals surface area contributed by atoms with E-state index < -0.39 is 0 Å². The molecule has 0 radical (unpaired) electrons. The zero-order valence-electron chi connectivity index (χ0n) is 15.5. The number of nitrogens with one attached hydrogen (secondary N) is 2. The van der Waals surface area contributed by atoms with Gasteiger partial charge in [-0.3, -0.25) is 4.99 Å². The first-order valence-electron chi connectivity index (χ1n) is 9.33. The Morgan fingerprint density at radius 2 is 1.92 bits per heavy atom. The van der Waals surface area contributed by atoms with Crippen molar-refractivity contribution in [1.82, 2.24) is 30.0 Å². The second-order valence-corrected chi connectivity index (χ2v) is 6.44. The zero-order valence-corrected chi connectivity index (χ0v) is 17.9. The van der Waals surface area contributed by atoms with Crippen LogP contribution in [0, 0.1) is 0 Å². The van der Waals surface area contributed by atoms with E-state index in [1.165, 1.54) is 25.1 Å². The average Bonchev–Trinajstić information content (AvgIpc) is 3.22. The highest BCUT2D eigenvalue weighted by atomic mass is 127. The van der Waals surface area contributed by atoms with Crippen molar-refractivity contribution >= 4 is 29.9 Å². The molecule has 1 aliphatic heterocycles. The number of aliphatic imine (C=N–C) groups is 1. The molecule has 0 saturated heterocycles. The van der Waals surface area contributed by atoms with Crippen molar-refractivity contribution in [3.8, 4) is 0 Å². The van der Waals surface area contributed by atoms with Gasteiger partial charge >= 0.3 is 0 Å². The van der Waals surface area contributed by atoms with Gasteiger partial charge in [-0.15, -0.1) is 34.2 Å². The summed E-state index contributed by atoms with van der Waals surface area (Å²) in [6, 6.07) is 4.08. The molecular formula is C18H30IN7. The van der Waals surface area contributed by atoms with Crippen LogP contribution < -0.4 is 10.6 Å².